The third kappa shape index (κ3) is 2.49. The van der Waals surface area contributed by atoms with Crippen LogP contribution in [0, 0.1) is 11.8 Å². The van der Waals surface area contributed by atoms with Gasteiger partial charge in [0.1, 0.15) is 0 Å². The molecule has 1 saturated heterocycles. The second kappa shape index (κ2) is 5.05. The van der Waals surface area contributed by atoms with Crippen LogP contribution in [0.5, 0.6) is 0 Å². The Hall–Kier alpha value is -1.82. The van der Waals surface area contributed by atoms with E-state index in [1.165, 1.54) is 12.3 Å². The Balaban J connectivity index is 1.52. The van der Waals surface area contributed by atoms with Gasteiger partial charge in [0.25, 0.3) is 0 Å². The molecule has 2 heterocycles. The van der Waals surface area contributed by atoms with Gasteiger partial charge in [0, 0.05) is 5.92 Å². The molecule has 1 aliphatic carbocycles. The standard InChI is InChI=1S/C13H16N2O4/c16-12(10-4-3-9-6-8(10)7-19-9)14-15-13(17)11-2-1-5-18-11/h1-2,5,8-10H,3-4,6-7H2,(H,14,16)(H,15,17)/t8-,9+,10-/m1/s1. The zero-order chi connectivity index (χ0) is 13.2. The Bertz CT molecular complexity index is 471. The topological polar surface area (TPSA) is 80.6 Å². The van der Waals surface area contributed by atoms with E-state index in [2.05, 4.69) is 10.9 Å². The van der Waals surface area contributed by atoms with Crippen molar-refractivity contribution in [2.24, 2.45) is 11.8 Å². The van der Waals surface area contributed by atoms with E-state index in [1.54, 1.807) is 6.07 Å². The summed E-state index contributed by atoms with van der Waals surface area (Å²) in [6, 6.07) is 3.16. The van der Waals surface area contributed by atoms with Gasteiger partial charge in [0.15, 0.2) is 5.76 Å². The first kappa shape index (κ1) is 12.2. The molecule has 2 bridgehead atoms. The molecule has 2 amide bonds. The number of hydrogen-bond donors (Lipinski definition) is 2. The number of carbonyl (C=O) groups excluding carboxylic acids is 2. The number of hydrazine groups is 1. The fourth-order valence-electron chi connectivity index (χ4n) is 2.84. The smallest absolute Gasteiger partial charge is 0.305 e. The van der Waals surface area contributed by atoms with Crippen molar-refractivity contribution in [3.05, 3.63) is 24.2 Å². The number of fused-ring (bicyclic) bond motifs is 2. The molecule has 3 rings (SSSR count). The number of hydrogen-bond acceptors (Lipinski definition) is 4. The van der Waals surface area contributed by atoms with Crippen molar-refractivity contribution < 1.29 is 18.7 Å². The van der Waals surface area contributed by atoms with Crippen molar-refractivity contribution in [3.8, 4) is 0 Å². The highest BCUT2D eigenvalue weighted by molar-refractivity contribution is 5.93. The quantitative estimate of drug-likeness (QED) is 0.776. The SMILES string of the molecule is O=C(NNC(=O)[C@@H]1CC[C@H]2C[C@@H]1CO2)c1ccco1. The van der Waals surface area contributed by atoms with Crippen LogP contribution in [-0.2, 0) is 9.53 Å². The average molecular weight is 264 g/mol. The molecule has 3 atom stereocenters. The molecule has 6 nitrogen and oxygen atoms in total. The van der Waals surface area contributed by atoms with Crippen LogP contribution in [0.25, 0.3) is 0 Å². The van der Waals surface area contributed by atoms with E-state index in [4.69, 9.17) is 9.15 Å². The normalized spacial score (nSPS) is 28.9. The van der Waals surface area contributed by atoms with Crippen LogP contribution in [0.4, 0.5) is 0 Å². The number of carbonyl (C=O) groups is 2. The van der Waals surface area contributed by atoms with Gasteiger partial charge in [-0.1, -0.05) is 0 Å². The Morgan fingerprint density at radius 3 is 2.95 bits per heavy atom. The lowest BCUT2D eigenvalue weighted by Gasteiger charge is -2.25. The molecule has 102 valence electrons. The highest BCUT2D eigenvalue weighted by Crippen LogP contribution is 2.37. The van der Waals surface area contributed by atoms with E-state index in [1.807, 2.05) is 0 Å². The minimum atomic E-state index is -0.449. The summed E-state index contributed by atoms with van der Waals surface area (Å²) in [7, 11) is 0. The summed E-state index contributed by atoms with van der Waals surface area (Å²) in [6.45, 7) is 0.648. The first-order valence-electron chi connectivity index (χ1n) is 6.49. The monoisotopic (exact) mass is 264 g/mol. The van der Waals surface area contributed by atoms with Crippen LogP contribution in [0.3, 0.4) is 0 Å². The maximum atomic E-state index is 12.0. The molecule has 1 aliphatic heterocycles. The molecule has 0 spiro atoms. The Morgan fingerprint density at radius 1 is 1.26 bits per heavy atom. The molecule has 6 heteroatoms. The maximum Gasteiger partial charge on any atom is 0.305 e. The van der Waals surface area contributed by atoms with E-state index in [0.717, 1.165) is 19.3 Å². The summed E-state index contributed by atoms with van der Waals surface area (Å²) in [5, 5.41) is 0. The van der Waals surface area contributed by atoms with Crippen molar-refractivity contribution in [1.29, 1.82) is 0 Å². The molecule has 1 saturated carbocycles. The minimum Gasteiger partial charge on any atom is -0.459 e. The lowest BCUT2D eigenvalue weighted by Crippen LogP contribution is -2.46. The first-order chi connectivity index (χ1) is 9.24. The largest absolute Gasteiger partial charge is 0.459 e. The van der Waals surface area contributed by atoms with Crippen molar-refractivity contribution >= 4 is 11.8 Å². The van der Waals surface area contributed by atoms with Crippen molar-refractivity contribution in [3.63, 3.8) is 0 Å². The molecular formula is C13H16N2O4. The van der Waals surface area contributed by atoms with Gasteiger partial charge in [-0.15, -0.1) is 0 Å². The summed E-state index contributed by atoms with van der Waals surface area (Å²) >= 11 is 0. The number of ether oxygens (including phenoxy) is 1. The van der Waals surface area contributed by atoms with Gasteiger partial charge in [-0.2, -0.15) is 0 Å². The molecule has 0 radical (unpaired) electrons. The molecule has 0 aromatic carbocycles. The highest BCUT2D eigenvalue weighted by atomic mass is 16.5. The molecule has 1 aromatic heterocycles. The Labute approximate surface area is 110 Å². The minimum absolute atomic E-state index is 0.0735. The van der Waals surface area contributed by atoms with E-state index >= 15 is 0 Å². The van der Waals surface area contributed by atoms with E-state index in [9.17, 15) is 9.59 Å². The van der Waals surface area contributed by atoms with Crippen LogP contribution in [0.1, 0.15) is 29.8 Å². The number of amides is 2. The fraction of sp³-hybridized carbons (Fsp3) is 0.538. The summed E-state index contributed by atoms with van der Waals surface area (Å²) < 4.78 is 10.5. The van der Waals surface area contributed by atoms with Gasteiger partial charge in [-0.05, 0) is 37.3 Å². The summed E-state index contributed by atoms with van der Waals surface area (Å²) in [5.41, 5.74) is 4.84. The van der Waals surface area contributed by atoms with Gasteiger partial charge >= 0.3 is 5.91 Å². The van der Waals surface area contributed by atoms with E-state index < -0.39 is 5.91 Å². The third-order valence-electron chi connectivity index (χ3n) is 3.86. The van der Waals surface area contributed by atoms with Crippen LogP contribution >= 0.6 is 0 Å². The van der Waals surface area contributed by atoms with Crippen molar-refractivity contribution in [2.45, 2.75) is 25.4 Å². The summed E-state index contributed by atoms with van der Waals surface area (Å²) in [4.78, 5) is 23.7. The summed E-state index contributed by atoms with van der Waals surface area (Å²) in [5.74, 6) is -0.216. The van der Waals surface area contributed by atoms with Crippen LogP contribution in [0.15, 0.2) is 22.8 Å². The van der Waals surface area contributed by atoms with Gasteiger partial charge in [-0.25, -0.2) is 0 Å². The second-order valence-corrected chi connectivity index (χ2v) is 5.06. The summed E-state index contributed by atoms with van der Waals surface area (Å²) in [6.07, 6.45) is 4.42. The lowest BCUT2D eigenvalue weighted by atomic mass is 9.80. The molecule has 2 fully saturated rings. The average Bonchev–Trinajstić information content (AvgIpc) is 3.06. The van der Waals surface area contributed by atoms with Gasteiger partial charge in [0.2, 0.25) is 5.91 Å². The molecule has 19 heavy (non-hydrogen) atoms. The second-order valence-electron chi connectivity index (χ2n) is 5.06. The third-order valence-corrected chi connectivity index (χ3v) is 3.86. The number of rotatable bonds is 2. The molecule has 2 aliphatic rings. The highest BCUT2D eigenvalue weighted by Gasteiger charge is 2.40. The number of furan rings is 1. The maximum absolute atomic E-state index is 12.0. The molecule has 2 N–H and O–H groups in total. The number of nitrogens with one attached hydrogen (secondary N) is 2. The zero-order valence-electron chi connectivity index (χ0n) is 10.4. The van der Waals surface area contributed by atoms with Crippen LogP contribution < -0.4 is 10.9 Å². The van der Waals surface area contributed by atoms with Crippen LogP contribution in [-0.4, -0.2) is 24.5 Å². The van der Waals surface area contributed by atoms with Crippen molar-refractivity contribution in [1.82, 2.24) is 10.9 Å². The van der Waals surface area contributed by atoms with Gasteiger partial charge in [-0.3, -0.25) is 20.4 Å². The molecular weight excluding hydrogens is 248 g/mol. The lowest BCUT2D eigenvalue weighted by molar-refractivity contribution is -0.128. The first-order valence-corrected chi connectivity index (χ1v) is 6.49. The van der Waals surface area contributed by atoms with Crippen molar-refractivity contribution in [2.75, 3.05) is 6.61 Å². The van der Waals surface area contributed by atoms with Gasteiger partial charge in [0.05, 0.1) is 19.0 Å². The zero-order valence-corrected chi connectivity index (χ0v) is 10.4. The molecule has 1 aromatic rings. The van der Waals surface area contributed by atoms with Crippen LogP contribution in [0.2, 0.25) is 0 Å². The van der Waals surface area contributed by atoms with Gasteiger partial charge < -0.3 is 9.15 Å². The van der Waals surface area contributed by atoms with E-state index in [-0.39, 0.29) is 23.5 Å². The van der Waals surface area contributed by atoms with E-state index in [0.29, 0.717) is 12.7 Å². The Morgan fingerprint density at radius 2 is 2.16 bits per heavy atom. The fourth-order valence-corrected chi connectivity index (χ4v) is 2.84. The predicted molar refractivity (Wildman–Crippen MR) is 64.9 cm³/mol. The Kier molecular flexibility index (Phi) is 3.25. The molecule has 0 unspecified atom stereocenters. The predicted octanol–water partition coefficient (Wildman–Crippen LogP) is 0.856.